The van der Waals surface area contributed by atoms with Crippen molar-refractivity contribution in [1.29, 1.82) is 0 Å². The molecule has 4 nitrogen and oxygen atoms in total. The van der Waals surface area contributed by atoms with Gasteiger partial charge in [0.15, 0.2) is 0 Å². The first-order valence-corrected chi connectivity index (χ1v) is 2.83. The molecule has 8 heteroatoms. The second-order valence-electron chi connectivity index (χ2n) is 0.828. The van der Waals surface area contributed by atoms with Crippen molar-refractivity contribution < 1.29 is 30.3 Å². The smallest absolute Gasteiger partial charge is 0.179 e. The molecule has 0 amide bonds. The maximum absolute atomic E-state index is 10.9. The normalized spacial score (nSPS) is 12.4. The van der Waals surface area contributed by atoms with Gasteiger partial charge in [0.1, 0.15) is 0 Å². The van der Waals surface area contributed by atoms with Gasteiger partial charge in [-0.05, 0) is 8.91 Å². The minimum atomic E-state index is -5.14. The van der Waals surface area contributed by atoms with Crippen molar-refractivity contribution in [2.45, 2.75) is 6.61 Å². The first kappa shape index (κ1) is 8.66. The fraction of sp³-hybridized carbons (Fsp3) is 1.00. The van der Waals surface area contributed by atoms with E-state index in [1.165, 1.54) is 0 Å². The Hall–Kier alpha value is -0.340. The molecule has 0 saturated carbocycles. The monoisotopic (exact) mass is 166 g/mol. The zero-order chi connectivity index (χ0) is 7.49. The Labute approximate surface area is 48.4 Å². The predicted molar refractivity (Wildman–Crippen MR) is 18.2 cm³/mol. The number of halogens is 3. The van der Waals surface area contributed by atoms with Crippen LogP contribution in [0.25, 0.3) is 0 Å². The summed E-state index contributed by atoms with van der Waals surface area (Å²) in [6, 6.07) is 0. The Balaban J connectivity index is 3.90. The van der Waals surface area contributed by atoms with Crippen molar-refractivity contribution in [1.82, 2.24) is 0 Å². The van der Waals surface area contributed by atoms with Crippen LogP contribution in [0, 0.1) is 0 Å². The summed E-state index contributed by atoms with van der Waals surface area (Å²) >= 11 is 0. The molecule has 0 heterocycles. The van der Waals surface area contributed by atoms with E-state index in [2.05, 4.69) is 4.18 Å². The third-order valence-corrected chi connectivity index (χ3v) is 0.803. The fourth-order valence-electron chi connectivity index (χ4n) is 0.104. The Morgan fingerprint density at radius 3 is 1.89 bits per heavy atom. The van der Waals surface area contributed by atoms with Gasteiger partial charge in [0.05, 0.1) is 0 Å². The van der Waals surface area contributed by atoms with E-state index in [4.69, 9.17) is 0 Å². The summed E-state index contributed by atoms with van der Waals surface area (Å²) in [7, 11) is -5.14. The van der Waals surface area contributed by atoms with Crippen LogP contribution in [0.3, 0.4) is 0 Å². The molecule has 0 saturated heterocycles. The van der Waals surface area contributed by atoms with Crippen molar-refractivity contribution in [2.75, 3.05) is 0 Å². The molecule has 0 N–H and O–H groups in total. The standard InChI is InChI=1S/CHF3O4S/c2-1(3)7-9(5,6)8-4/h1H. The molecule has 56 valence electrons. The van der Waals surface area contributed by atoms with Crippen molar-refractivity contribution in [2.24, 2.45) is 0 Å². The van der Waals surface area contributed by atoms with E-state index in [0.717, 1.165) is 0 Å². The molecule has 0 bridgehead atoms. The largest absolute Gasteiger partial charge is 0.435 e. The van der Waals surface area contributed by atoms with Crippen LogP contribution >= 0.6 is 0 Å². The summed E-state index contributed by atoms with van der Waals surface area (Å²) in [5.74, 6) is 0. The molecular weight excluding hydrogens is 165 g/mol. The lowest BCUT2D eigenvalue weighted by Crippen LogP contribution is -2.09. The predicted octanol–water partition coefficient (Wildman–Crippen LogP) is 0.372. The van der Waals surface area contributed by atoms with Crippen molar-refractivity contribution >= 4 is 10.4 Å². The molecular formula is CHF3O4S. The highest BCUT2D eigenvalue weighted by atomic mass is 32.3. The Morgan fingerprint density at radius 1 is 1.33 bits per heavy atom. The summed E-state index contributed by atoms with van der Waals surface area (Å²) in [6.45, 7) is -3.61. The summed E-state index contributed by atoms with van der Waals surface area (Å²) in [4.78, 5) is 0. The van der Waals surface area contributed by atoms with E-state index in [0.29, 0.717) is 0 Å². The third-order valence-electron chi connectivity index (χ3n) is 0.268. The zero-order valence-corrected chi connectivity index (χ0v) is 4.57. The van der Waals surface area contributed by atoms with Crippen LogP contribution in [0.2, 0.25) is 0 Å². The lowest BCUT2D eigenvalue weighted by molar-refractivity contribution is -0.0864. The lowest BCUT2D eigenvalue weighted by atomic mass is 11.5. The summed E-state index contributed by atoms with van der Waals surface area (Å²) < 4.78 is 56.0. The highest BCUT2D eigenvalue weighted by Gasteiger charge is 2.18. The highest BCUT2D eigenvalue weighted by molar-refractivity contribution is 7.81. The van der Waals surface area contributed by atoms with Crippen LogP contribution in [0.1, 0.15) is 0 Å². The lowest BCUT2D eigenvalue weighted by Gasteiger charge is -1.94. The maximum Gasteiger partial charge on any atom is 0.435 e. The van der Waals surface area contributed by atoms with Crippen LogP contribution in [0.4, 0.5) is 13.3 Å². The summed E-state index contributed by atoms with van der Waals surface area (Å²) in [5.41, 5.74) is 0. The molecule has 0 unspecified atom stereocenters. The fourth-order valence-corrected chi connectivity index (χ4v) is 0.312. The molecule has 0 aromatic heterocycles. The van der Waals surface area contributed by atoms with Gasteiger partial charge in [-0.15, -0.1) is 0 Å². The number of hydrogen-bond acceptors (Lipinski definition) is 4. The molecule has 0 rings (SSSR count). The first-order chi connectivity index (χ1) is 3.98. The highest BCUT2D eigenvalue weighted by Crippen LogP contribution is 2.03. The van der Waals surface area contributed by atoms with E-state index in [1.807, 2.05) is 4.39 Å². The second kappa shape index (κ2) is 2.99. The van der Waals surface area contributed by atoms with E-state index < -0.39 is 17.0 Å². The minimum Gasteiger partial charge on any atom is -0.179 e. The molecule has 0 aliphatic carbocycles. The molecule has 0 aliphatic heterocycles. The quantitative estimate of drug-likeness (QED) is 0.607. The number of alkyl halides is 2. The van der Waals surface area contributed by atoms with Crippen molar-refractivity contribution in [3.63, 3.8) is 0 Å². The van der Waals surface area contributed by atoms with E-state index in [1.54, 1.807) is 0 Å². The topological polar surface area (TPSA) is 52.6 Å². The Bertz CT molecular complexity index is 161. The second-order valence-corrected chi connectivity index (χ2v) is 1.96. The third kappa shape index (κ3) is 4.18. The van der Waals surface area contributed by atoms with Crippen LogP contribution in [-0.2, 0) is 19.0 Å². The zero-order valence-electron chi connectivity index (χ0n) is 3.75. The SMILES string of the molecule is O=S(=O)(OF)OC(F)F. The molecule has 0 aliphatic rings. The van der Waals surface area contributed by atoms with Crippen LogP contribution in [0.5, 0.6) is 0 Å². The average molecular weight is 166 g/mol. The molecule has 0 aromatic rings. The van der Waals surface area contributed by atoms with Gasteiger partial charge in [-0.1, -0.05) is 0 Å². The van der Waals surface area contributed by atoms with Crippen LogP contribution < -0.4 is 0 Å². The van der Waals surface area contributed by atoms with Gasteiger partial charge in [-0.3, -0.25) is 0 Å². The average Bonchev–Trinajstić information content (AvgIpc) is 1.63. The van der Waals surface area contributed by atoms with Gasteiger partial charge in [0, 0.05) is 0 Å². The maximum atomic E-state index is 10.9. The van der Waals surface area contributed by atoms with Crippen molar-refractivity contribution in [3.8, 4) is 0 Å². The van der Waals surface area contributed by atoms with Crippen LogP contribution in [0.15, 0.2) is 0 Å². The van der Waals surface area contributed by atoms with Gasteiger partial charge in [-0.2, -0.15) is 21.4 Å². The van der Waals surface area contributed by atoms with Gasteiger partial charge in [0.25, 0.3) is 0 Å². The minimum absolute atomic E-state index is 2.02. The molecule has 0 aromatic carbocycles. The molecule has 0 atom stereocenters. The summed E-state index contributed by atoms with van der Waals surface area (Å²) in [5, 5.41) is 0. The Morgan fingerprint density at radius 2 is 1.78 bits per heavy atom. The number of hydrogen-bond donors (Lipinski definition) is 0. The summed E-state index contributed by atoms with van der Waals surface area (Å²) in [6.07, 6.45) is 0. The molecule has 9 heavy (non-hydrogen) atoms. The van der Waals surface area contributed by atoms with Gasteiger partial charge >= 0.3 is 17.0 Å². The molecule has 0 fully saturated rings. The van der Waals surface area contributed by atoms with E-state index in [-0.39, 0.29) is 0 Å². The first-order valence-electron chi connectivity index (χ1n) is 1.49. The van der Waals surface area contributed by atoms with Crippen LogP contribution in [-0.4, -0.2) is 15.0 Å². The number of rotatable bonds is 3. The Kier molecular flexibility index (Phi) is 2.88. The van der Waals surface area contributed by atoms with E-state index in [9.17, 15) is 21.7 Å². The van der Waals surface area contributed by atoms with Gasteiger partial charge in [-0.25, -0.2) is 0 Å². The van der Waals surface area contributed by atoms with Crippen molar-refractivity contribution in [3.05, 3.63) is 0 Å². The molecule has 0 radical (unpaired) electrons. The molecule has 0 spiro atoms. The van der Waals surface area contributed by atoms with E-state index >= 15 is 0 Å². The van der Waals surface area contributed by atoms with Gasteiger partial charge in [0.2, 0.25) is 0 Å². The van der Waals surface area contributed by atoms with Gasteiger partial charge < -0.3 is 0 Å².